The molecule has 0 amide bonds. The zero-order valence-electron chi connectivity index (χ0n) is 11.9. The molecular weight excluding hydrogens is 248 g/mol. The van der Waals surface area contributed by atoms with E-state index in [0.717, 1.165) is 30.8 Å². The molecule has 104 valence electrons. The first-order chi connectivity index (χ1) is 8.51. The number of aliphatic hydroxyl groups excluding tert-OH is 1. The summed E-state index contributed by atoms with van der Waals surface area (Å²) in [6, 6.07) is 0. The van der Waals surface area contributed by atoms with E-state index in [-0.39, 0.29) is 6.10 Å². The smallest absolute Gasteiger partial charge is 0.0848 e. The molecule has 3 nitrogen and oxygen atoms in total. The van der Waals surface area contributed by atoms with E-state index in [9.17, 15) is 5.11 Å². The Labute approximate surface area is 115 Å². The maximum atomic E-state index is 10.3. The SMILES string of the molecule is CCCCC(C)C(O)Cc1c(Cl)c(C)nn1CC. The molecule has 18 heavy (non-hydrogen) atoms. The van der Waals surface area contributed by atoms with Gasteiger partial charge in [0.15, 0.2) is 0 Å². The van der Waals surface area contributed by atoms with Crippen molar-refractivity contribution >= 4 is 11.6 Å². The normalized spacial score (nSPS) is 14.8. The highest BCUT2D eigenvalue weighted by atomic mass is 35.5. The van der Waals surface area contributed by atoms with Gasteiger partial charge in [-0.2, -0.15) is 5.10 Å². The summed E-state index contributed by atoms with van der Waals surface area (Å²) >= 11 is 6.25. The van der Waals surface area contributed by atoms with Crippen LogP contribution in [-0.4, -0.2) is 21.0 Å². The Kier molecular flexibility index (Phi) is 6.16. The standard InChI is InChI=1S/C14H25ClN2O/c1-5-7-8-10(3)13(18)9-12-14(15)11(4)16-17(12)6-2/h10,13,18H,5-9H2,1-4H3. The predicted molar refractivity (Wildman–Crippen MR) is 76.0 cm³/mol. The van der Waals surface area contributed by atoms with E-state index >= 15 is 0 Å². The van der Waals surface area contributed by atoms with Crippen molar-refractivity contribution in [3.05, 3.63) is 16.4 Å². The van der Waals surface area contributed by atoms with Crippen LogP contribution in [0.25, 0.3) is 0 Å². The van der Waals surface area contributed by atoms with Crippen molar-refractivity contribution in [1.82, 2.24) is 9.78 Å². The summed E-state index contributed by atoms with van der Waals surface area (Å²) in [5.41, 5.74) is 1.81. The number of nitrogens with zero attached hydrogens (tertiary/aromatic N) is 2. The molecule has 1 aromatic heterocycles. The molecule has 0 aliphatic rings. The molecule has 1 N–H and O–H groups in total. The number of halogens is 1. The summed E-state index contributed by atoms with van der Waals surface area (Å²) < 4.78 is 1.90. The second kappa shape index (κ2) is 7.15. The Balaban J connectivity index is 2.71. The summed E-state index contributed by atoms with van der Waals surface area (Å²) in [5, 5.41) is 15.3. The minimum absolute atomic E-state index is 0.307. The van der Waals surface area contributed by atoms with E-state index in [2.05, 4.69) is 18.9 Å². The molecule has 0 spiro atoms. The third kappa shape index (κ3) is 3.72. The summed E-state index contributed by atoms with van der Waals surface area (Å²) in [6.45, 7) is 9.02. The lowest BCUT2D eigenvalue weighted by atomic mass is 9.95. The topological polar surface area (TPSA) is 38.1 Å². The van der Waals surface area contributed by atoms with Gasteiger partial charge in [0.2, 0.25) is 0 Å². The largest absolute Gasteiger partial charge is 0.392 e. The van der Waals surface area contributed by atoms with Crippen molar-refractivity contribution in [2.45, 2.75) is 66.0 Å². The maximum absolute atomic E-state index is 10.3. The lowest BCUT2D eigenvalue weighted by Crippen LogP contribution is -2.22. The van der Waals surface area contributed by atoms with Gasteiger partial charge in [-0.15, -0.1) is 0 Å². The van der Waals surface area contributed by atoms with Crippen LogP contribution in [-0.2, 0) is 13.0 Å². The number of aromatic nitrogens is 2. The Morgan fingerprint density at radius 2 is 2.06 bits per heavy atom. The van der Waals surface area contributed by atoms with Crippen LogP contribution in [0.4, 0.5) is 0 Å². The second-order valence-corrected chi connectivity index (χ2v) is 5.43. The summed E-state index contributed by atoms with van der Waals surface area (Å²) in [4.78, 5) is 0. The molecule has 0 aliphatic heterocycles. The van der Waals surface area contributed by atoms with Gasteiger partial charge in [-0.05, 0) is 26.2 Å². The van der Waals surface area contributed by atoms with Crippen molar-refractivity contribution < 1.29 is 5.11 Å². The van der Waals surface area contributed by atoms with Crippen molar-refractivity contribution in [3.8, 4) is 0 Å². The van der Waals surface area contributed by atoms with Gasteiger partial charge >= 0.3 is 0 Å². The van der Waals surface area contributed by atoms with Gasteiger partial charge in [0.05, 0.1) is 22.5 Å². The molecule has 1 rings (SSSR count). The lowest BCUT2D eigenvalue weighted by molar-refractivity contribution is 0.108. The molecule has 0 aliphatic carbocycles. The maximum Gasteiger partial charge on any atom is 0.0848 e. The molecule has 0 fully saturated rings. The number of aryl methyl sites for hydroxylation is 2. The van der Waals surface area contributed by atoms with E-state index < -0.39 is 0 Å². The summed E-state index contributed by atoms with van der Waals surface area (Å²) in [5.74, 6) is 0.307. The fourth-order valence-electron chi connectivity index (χ4n) is 2.18. The summed E-state index contributed by atoms with van der Waals surface area (Å²) in [7, 11) is 0. The highest BCUT2D eigenvalue weighted by Crippen LogP contribution is 2.24. The van der Waals surface area contributed by atoms with E-state index in [1.165, 1.54) is 6.42 Å². The number of hydrogen-bond donors (Lipinski definition) is 1. The van der Waals surface area contributed by atoms with Crippen LogP contribution in [0, 0.1) is 12.8 Å². The zero-order chi connectivity index (χ0) is 13.7. The van der Waals surface area contributed by atoms with E-state index in [4.69, 9.17) is 11.6 Å². The Hall–Kier alpha value is -0.540. The van der Waals surface area contributed by atoms with Crippen LogP contribution in [0.2, 0.25) is 5.02 Å². The average Bonchev–Trinajstić information content (AvgIpc) is 2.63. The first-order valence-electron chi connectivity index (χ1n) is 6.91. The second-order valence-electron chi connectivity index (χ2n) is 5.05. The quantitative estimate of drug-likeness (QED) is 0.824. The highest BCUT2D eigenvalue weighted by Gasteiger charge is 2.20. The molecule has 1 aromatic rings. The van der Waals surface area contributed by atoms with Gasteiger partial charge < -0.3 is 5.11 Å². The van der Waals surface area contributed by atoms with E-state index in [1.54, 1.807) is 0 Å². The van der Waals surface area contributed by atoms with E-state index in [1.807, 2.05) is 18.5 Å². The fourth-order valence-corrected chi connectivity index (χ4v) is 2.39. The van der Waals surface area contributed by atoms with E-state index in [0.29, 0.717) is 17.4 Å². The van der Waals surface area contributed by atoms with Crippen LogP contribution in [0.15, 0.2) is 0 Å². The molecular formula is C14H25ClN2O. The van der Waals surface area contributed by atoms with Gasteiger partial charge in [-0.1, -0.05) is 38.3 Å². The Morgan fingerprint density at radius 3 is 2.61 bits per heavy atom. The van der Waals surface area contributed by atoms with Crippen molar-refractivity contribution in [3.63, 3.8) is 0 Å². The molecule has 0 radical (unpaired) electrons. The first-order valence-corrected chi connectivity index (χ1v) is 7.28. The van der Waals surface area contributed by atoms with Crippen LogP contribution in [0.3, 0.4) is 0 Å². The number of aliphatic hydroxyl groups is 1. The Bertz CT molecular complexity index is 376. The monoisotopic (exact) mass is 272 g/mol. The summed E-state index contributed by atoms with van der Waals surface area (Å²) in [6.07, 6.45) is 3.66. The fraction of sp³-hybridized carbons (Fsp3) is 0.786. The van der Waals surface area contributed by atoms with Crippen molar-refractivity contribution in [2.75, 3.05) is 0 Å². The first kappa shape index (κ1) is 15.5. The lowest BCUT2D eigenvalue weighted by Gasteiger charge is -2.19. The van der Waals surface area contributed by atoms with Crippen molar-refractivity contribution in [2.24, 2.45) is 5.92 Å². The molecule has 2 atom stereocenters. The van der Waals surface area contributed by atoms with Crippen LogP contribution in [0.1, 0.15) is 51.4 Å². The number of unbranched alkanes of at least 4 members (excludes halogenated alkanes) is 1. The van der Waals surface area contributed by atoms with Gasteiger partial charge in [-0.25, -0.2) is 0 Å². The van der Waals surface area contributed by atoms with Crippen molar-refractivity contribution in [1.29, 1.82) is 0 Å². The molecule has 1 heterocycles. The molecule has 0 saturated heterocycles. The molecule has 0 bridgehead atoms. The third-order valence-corrected chi connectivity index (χ3v) is 4.02. The minimum Gasteiger partial charge on any atom is -0.392 e. The third-order valence-electron chi connectivity index (χ3n) is 3.53. The van der Waals surface area contributed by atoms with Crippen LogP contribution < -0.4 is 0 Å². The predicted octanol–water partition coefficient (Wildman–Crippen LogP) is 3.59. The van der Waals surface area contributed by atoms with Gasteiger partial charge in [-0.3, -0.25) is 4.68 Å². The number of hydrogen-bond acceptors (Lipinski definition) is 2. The van der Waals surface area contributed by atoms with Crippen LogP contribution in [0.5, 0.6) is 0 Å². The Morgan fingerprint density at radius 1 is 1.39 bits per heavy atom. The van der Waals surface area contributed by atoms with Gasteiger partial charge in [0.1, 0.15) is 0 Å². The molecule has 0 saturated carbocycles. The molecule has 0 aromatic carbocycles. The minimum atomic E-state index is -0.338. The number of rotatable bonds is 7. The van der Waals surface area contributed by atoms with Crippen LogP contribution >= 0.6 is 11.6 Å². The molecule has 4 heteroatoms. The zero-order valence-corrected chi connectivity index (χ0v) is 12.7. The van der Waals surface area contributed by atoms with Gasteiger partial charge in [0, 0.05) is 13.0 Å². The highest BCUT2D eigenvalue weighted by molar-refractivity contribution is 6.31. The van der Waals surface area contributed by atoms with Gasteiger partial charge in [0.25, 0.3) is 0 Å². The average molecular weight is 273 g/mol. The molecule has 2 unspecified atom stereocenters.